The summed E-state index contributed by atoms with van der Waals surface area (Å²) >= 11 is 0. The van der Waals surface area contributed by atoms with E-state index < -0.39 is 0 Å². The highest BCUT2D eigenvalue weighted by molar-refractivity contribution is 5.94. The summed E-state index contributed by atoms with van der Waals surface area (Å²) in [4.78, 5) is 28.6. The molecule has 0 saturated carbocycles. The first-order valence-corrected chi connectivity index (χ1v) is 11.1. The van der Waals surface area contributed by atoms with Gasteiger partial charge in [0.1, 0.15) is 0 Å². The number of amides is 2. The molecule has 2 fully saturated rings. The Labute approximate surface area is 179 Å². The molecule has 0 aromatic heterocycles. The molecule has 2 heterocycles. The maximum atomic E-state index is 12.5. The van der Waals surface area contributed by atoms with E-state index in [2.05, 4.69) is 34.5 Å². The first kappa shape index (κ1) is 20.6. The molecule has 2 amide bonds. The Kier molecular flexibility index (Phi) is 6.80. The van der Waals surface area contributed by atoms with Gasteiger partial charge in [0.2, 0.25) is 5.91 Å². The Morgan fingerprint density at radius 1 is 0.767 bits per heavy atom. The molecule has 2 aromatic carbocycles. The van der Waals surface area contributed by atoms with Crippen LogP contribution in [0.3, 0.4) is 0 Å². The molecule has 30 heavy (non-hydrogen) atoms. The highest BCUT2D eigenvalue weighted by atomic mass is 16.2. The van der Waals surface area contributed by atoms with Gasteiger partial charge in [0, 0.05) is 38.2 Å². The van der Waals surface area contributed by atoms with Gasteiger partial charge in [-0.15, -0.1) is 0 Å². The van der Waals surface area contributed by atoms with Crippen molar-refractivity contribution in [1.29, 1.82) is 0 Å². The van der Waals surface area contributed by atoms with Crippen LogP contribution >= 0.6 is 0 Å². The molecule has 0 atom stereocenters. The monoisotopic (exact) mass is 405 g/mol. The molecule has 5 nitrogen and oxygen atoms in total. The molecule has 0 radical (unpaired) electrons. The van der Waals surface area contributed by atoms with Gasteiger partial charge in [0.05, 0.1) is 0 Å². The minimum Gasteiger partial charge on any atom is -0.348 e. The van der Waals surface area contributed by atoms with Crippen LogP contribution in [0.4, 0.5) is 0 Å². The molecule has 158 valence electrons. The smallest absolute Gasteiger partial charge is 0.251 e. The van der Waals surface area contributed by atoms with E-state index >= 15 is 0 Å². The zero-order chi connectivity index (χ0) is 20.8. The van der Waals surface area contributed by atoms with Crippen LogP contribution in [0.15, 0.2) is 48.5 Å². The third-order valence-electron chi connectivity index (χ3n) is 6.09. The number of benzene rings is 2. The lowest BCUT2D eigenvalue weighted by atomic mass is 10.1. The van der Waals surface area contributed by atoms with E-state index in [4.69, 9.17) is 0 Å². The van der Waals surface area contributed by atoms with Gasteiger partial charge in [-0.05, 0) is 61.2 Å². The third-order valence-corrected chi connectivity index (χ3v) is 6.09. The number of likely N-dealkylation sites (tertiary alicyclic amines) is 2. The third kappa shape index (κ3) is 5.48. The summed E-state index contributed by atoms with van der Waals surface area (Å²) in [6.07, 6.45) is 5.57. The van der Waals surface area contributed by atoms with Gasteiger partial charge in [-0.25, -0.2) is 0 Å². The van der Waals surface area contributed by atoms with Gasteiger partial charge >= 0.3 is 0 Å². The Morgan fingerprint density at radius 3 is 2.07 bits per heavy atom. The lowest BCUT2D eigenvalue weighted by molar-refractivity contribution is -0.128. The van der Waals surface area contributed by atoms with Crippen molar-refractivity contribution in [3.05, 3.63) is 70.8 Å². The number of carbonyl (C=O) groups excluding carboxylic acids is 2. The molecular weight excluding hydrogens is 374 g/mol. The Hall–Kier alpha value is -2.66. The first-order chi connectivity index (χ1) is 14.7. The van der Waals surface area contributed by atoms with Crippen LogP contribution in [-0.2, 0) is 24.4 Å². The second-order valence-corrected chi connectivity index (χ2v) is 8.45. The molecule has 2 aliphatic heterocycles. The maximum absolute atomic E-state index is 12.5. The van der Waals surface area contributed by atoms with Crippen LogP contribution in [-0.4, -0.2) is 41.2 Å². The average Bonchev–Trinajstić information content (AvgIpc) is 3.18. The largest absolute Gasteiger partial charge is 0.348 e. The SMILES string of the molecule is O=C(NCc1ccc(CN2CCCCC2)cc1)c1ccc(CN2CCCC2=O)cc1. The van der Waals surface area contributed by atoms with E-state index in [1.165, 1.54) is 37.9 Å². The second kappa shape index (κ2) is 9.90. The van der Waals surface area contributed by atoms with E-state index in [-0.39, 0.29) is 11.8 Å². The summed E-state index contributed by atoms with van der Waals surface area (Å²) in [6.45, 7) is 5.40. The number of hydrogen-bond acceptors (Lipinski definition) is 3. The van der Waals surface area contributed by atoms with Crippen molar-refractivity contribution in [1.82, 2.24) is 15.1 Å². The van der Waals surface area contributed by atoms with Gasteiger partial charge in [-0.1, -0.05) is 42.8 Å². The molecule has 2 saturated heterocycles. The zero-order valence-corrected chi connectivity index (χ0v) is 17.6. The van der Waals surface area contributed by atoms with Crippen LogP contribution in [0.5, 0.6) is 0 Å². The van der Waals surface area contributed by atoms with E-state index in [9.17, 15) is 9.59 Å². The summed E-state index contributed by atoms with van der Waals surface area (Å²) in [6, 6.07) is 16.1. The van der Waals surface area contributed by atoms with E-state index in [1.807, 2.05) is 29.2 Å². The fourth-order valence-electron chi connectivity index (χ4n) is 4.28. The molecule has 1 N–H and O–H groups in total. The maximum Gasteiger partial charge on any atom is 0.251 e. The van der Waals surface area contributed by atoms with Crippen molar-refractivity contribution in [2.24, 2.45) is 0 Å². The topological polar surface area (TPSA) is 52.7 Å². The van der Waals surface area contributed by atoms with Crippen molar-refractivity contribution in [2.75, 3.05) is 19.6 Å². The Morgan fingerprint density at radius 2 is 1.40 bits per heavy atom. The van der Waals surface area contributed by atoms with E-state index in [0.29, 0.717) is 25.1 Å². The van der Waals surface area contributed by atoms with E-state index in [1.54, 1.807) is 0 Å². The van der Waals surface area contributed by atoms with Crippen molar-refractivity contribution < 1.29 is 9.59 Å². The van der Waals surface area contributed by atoms with Crippen LogP contribution in [0.25, 0.3) is 0 Å². The second-order valence-electron chi connectivity index (χ2n) is 8.45. The lowest BCUT2D eigenvalue weighted by Gasteiger charge is -2.26. The minimum absolute atomic E-state index is 0.0730. The van der Waals surface area contributed by atoms with Gasteiger partial charge in [0.25, 0.3) is 5.91 Å². The van der Waals surface area contributed by atoms with E-state index in [0.717, 1.165) is 30.6 Å². The molecule has 5 heteroatoms. The average molecular weight is 406 g/mol. The minimum atomic E-state index is -0.0730. The van der Waals surface area contributed by atoms with Crippen LogP contribution in [0, 0.1) is 0 Å². The summed E-state index contributed by atoms with van der Waals surface area (Å²) in [5, 5.41) is 3.00. The molecular formula is C25H31N3O2. The molecule has 2 aromatic rings. The summed E-state index contributed by atoms with van der Waals surface area (Å²) in [5.74, 6) is 0.148. The van der Waals surface area contributed by atoms with Crippen LogP contribution in [0.1, 0.15) is 59.2 Å². The zero-order valence-electron chi connectivity index (χ0n) is 17.6. The molecule has 0 unspecified atom stereocenters. The summed E-state index contributed by atoms with van der Waals surface area (Å²) in [5.41, 5.74) is 4.15. The van der Waals surface area contributed by atoms with Gasteiger partial charge < -0.3 is 10.2 Å². The number of nitrogens with zero attached hydrogens (tertiary/aromatic N) is 2. The quantitative estimate of drug-likeness (QED) is 0.764. The molecule has 2 aliphatic rings. The summed E-state index contributed by atoms with van der Waals surface area (Å²) in [7, 11) is 0. The number of nitrogens with one attached hydrogen (secondary N) is 1. The molecule has 0 bridgehead atoms. The number of hydrogen-bond donors (Lipinski definition) is 1. The van der Waals surface area contributed by atoms with Crippen LogP contribution in [0.2, 0.25) is 0 Å². The van der Waals surface area contributed by atoms with Crippen molar-refractivity contribution in [3.8, 4) is 0 Å². The standard InChI is InChI=1S/C25H31N3O2/c29-24-5-4-16-28(24)19-22-10-12-23(13-11-22)25(30)26-17-20-6-8-21(9-7-20)18-27-14-2-1-3-15-27/h6-13H,1-5,14-19H2,(H,26,30). The van der Waals surface area contributed by atoms with Crippen molar-refractivity contribution in [2.45, 2.75) is 51.7 Å². The highest BCUT2D eigenvalue weighted by Gasteiger charge is 2.20. The van der Waals surface area contributed by atoms with Gasteiger partial charge in [-0.2, -0.15) is 0 Å². The Bertz CT molecular complexity index is 855. The first-order valence-electron chi connectivity index (χ1n) is 11.1. The van der Waals surface area contributed by atoms with Crippen molar-refractivity contribution in [3.63, 3.8) is 0 Å². The highest BCUT2D eigenvalue weighted by Crippen LogP contribution is 2.16. The molecule has 0 spiro atoms. The molecule has 4 rings (SSSR count). The normalized spacial score (nSPS) is 17.3. The Balaban J connectivity index is 1.25. The molecule has 0 aliphatic carbocycles. The number of rotatable bonds is 7. The number of carbonyl (C=O) groups is 2. The summed E-state index contributed by atoms with van der Waals surface area (Å²) < 4.78 is 0. The fourth-order valence-corrected chi connectivity index (χ4v) is 4.28. The van der Waals surface area contributed by atoms with Gasteiger partial charge in [-0.3, -0.25) is 14.5 Å². The van der Waals surface area contributed by atoms with Crippen molar-refractivity contribution >= 4 is 11.8 Å². The van der Waals surface area contributed by atoms with Crippen LogP contribution < -0.4 is 5.32 Å². The predicted molar refractivity (Wildman–Crippen MR) is 118 cm³/mol. The lowest BCUT2D eigenvalue weighted by Crippen LogP contribution is -2.29. The number of piperidine rings is 1. The van der Waals surface area contributed by atoms with Gasteiger partial charge in [0.15, 0.2) is 0 Å². The fraction of sp³-hybridized carbons (Fsp3) is 0.440. The predicted octanol–water partition coefficient (Wildman–Crippen LogP) is 3.72.